The third-order valence-electron chi connectivity index (χ3n) is 3.03. The highest BCUT2D eigenvalue weighted by Crippen LogP contribution is 2.18. The Morgan fingerprint density at radius 1 is 1.26 bits per heavy atom. The molecule has 1 rings (SSSR count). The van der Waals surface area contributed by atoms with E-state index in [9.17, 15) is 21.6 Å². The van der Waals surface area contributed by atoms with Crippen molar-refractivity contribution in [2.45, 2.75) is 19.5 Å². The van der Waals surface area contributed by atoms with Crippen LogP contribution in [0.4, 0.5) is 13.2 Å². The van der Waals surface area contributed by atoms with E-state index < -0.39 is 29.2 Å². The van der Waals surface area contributed by atoms with Crippen LogP contribution in [0.15, 0.2) is 4.99 Å². The fourth-order valence-corrected chi connectivity index (χ4v) is 4.38. The summed E-state index contributed by atoms with van der Waals surface area (Å²) in [6, 6.07) is 0. The monoisotopic (exact) mass is 376 g/mol. The van der Waals surface area contributed by atoms with Crippen molar-refractivity contribution < 1.29 is 21.6 Å². The van der Waals surface area contributed by atoms with Gasteiger partial charge in [0, 0.05) is 37.7 Å². The Bertz CT molecular complexity index is 477. The standard InChI is InChI=1S/C12H23F3N4O2S2/c1-2-16-11(17-4-3-12(13,14)15)18-5-10-23(20,21)19-6-8-22-9-7-19/h2-10H2,1H3,(H2,16,17,18). The van der Waals surface area contributed by atoms with Crippen LogP contribution in [-0.2, 0) is 10.0 Å². The van der Waals surface area contributed by atoms with Gasteiger partial charge in [-0.2, -0.15) is 24.9 Å². The fourth-order valence-electron chi connectivity index (χ4n) is 1.89. The minimum absolute atomic E-state index is 0.101. The molecule has 23 heavy (non-hydrogen) atoms. The predicted octanol–water partition coefficient (Wildman–Crippen LogP) is 0.873. The van der Waals surface area contributed by atoms with E-state index >= 15 is 0 Å². The van der Waals surface area contributed by atoms with Gasteiger partial charge in [-0.25, -0.2) is 12.7 Å². The summed E-state index contributed by atoms with van der Waals surface area (Å²) < 4.78 is 62.1. The fraction of sp³-hybridized carbons (Fsp3) is 0.917. The Hall–Kier alpha value is -0.680. The van der Waals surface area contributed by atoms with E-state index in [4.69, 9.17) is 0 Å². The highest BCUT2D eigenvalue weighted by Gasteiger charge is 2.26. The zero-order valence-electron chi connectivity index (χ0n) is 13.0. The minimum Gasteiger partial charge on any atom is -0.357 e. The number of nitrogens with zero attached hydrogens (tertiary/aromatic N) is 2. The molecule has 0 spiro atoms. The number of thioether (sulfide) groups is 1. The van der Waals surface area contributed by atoms with Crippen LogP contribution in [0.25, 0.3) is 0 Å². The lowest BCUT2D eigenvalue weighted by Crippen LogP contribution is -2.44. The normalized spacial score (nSPS) is 18.0. The summed E-state index contributed by atoms with van der Waals surface area (Å²) in [5.74, 6) is 1.66. The lowest BCUT2D eigenvalue weighted by atomic mass is 10.4. The van der Waals surface area contributed by atoms with Crippen molar-refractivity contribution in [3.8, 4) is 0 Å². The van der Waals surface area contributed by atoms with E-state index in [1.54, 1.807) is 18.7 Å². The molecule has 0 radical (unpaired) electrons. The van der Waals surface area contributed by atoms with Crippen LogP contribution in [0.1, 0.15) is 13.3 Å². The van der Waals surface area contributed by atoms with E-state index in [0.717, 1.165) is 11.5 Å². The van der Waals surface area contributed by atoms with E-state index in [1.807, 2.05) is 0 Å². The summed E-state index contributed by atoms with van der Waals surface area (Å²) in [4.78, 5) is 3.79. The molecule has 0 bridgehead atoms. The molecule has 6 nitrogen and oxygen atoms in total. The summed E-state index contributed by atoms with van der Waals surface area (Å²) in [6.07, 6.45) is -5.26. The Morgan fingerprint density at radius 2 is 1.91 bits per heavy atom. The Balaban J connectivity index is 2.43. The first-order valence-electron chi connectivity index (χ1n) is 7.39. The topological polar surface area (TPSA) is 73.8 Å². The zero-order chi connectivity index (χ0) is 17.3. The molecular formula is C12H23F3N4O2S2. The van der Waals surface area contributed by atoms with Crippen LogP contribution < -0.4 is 10.6 Å². The summed E-state index contributed by atoms with van der Waals surface area (Å²) in [5.41, 5.74) is 0. The summed E-state index contributed by atoms with van der Waals surface area (Å²) in [6.45, 7) is 2.98. The van der Waals surface area contributed by atoms with Crippen LogP contribution in [0.2, 0.25) is 0 Å². The molecule has 1 aliphatic rings. The zero-order valence-corrected chi connectivity index (χ0v) is 14.7. The summed E-state index contributed by atoms with van der Waals surface area (Å²) in [7, 11) is -3.34. The Labute approximate surface area is 139 Å². The number of halogens is 3. The number of nitrogens with one attached hydrogen (secondary N) is 2. The number of guanidine groups is 1. The maximum atomic E-state index is 12.1. The van der Waals surface area contributed by atoms with Crippen molar-refractivity contribution in [3.05, 3.63) is 0 Å². The molecule has 0 aliphatic carbocycles. The lowest BCUT2D eigenvalue weighted by molar-refractivity contribution is -0.132. The molecule has 0 aromatic carbocycles. The van der Waals surface area contributed by atoms with Crippen molar-refractivity contribution in [2.24, 2.45) is 4.99 Å². The third kappa shape index (κ3) is 8.66. The van der Waals surface area contributed by atoms with Crippen molar-refractivity contribution in [1.82, 2.24) is 14.9 Å². The molecule has 0 aromatic heterocycles. The Morgan fingerprint density at radius 3 is 2.48 bits per heavy atom. The number of hydrogen-bond donors (Lipinski definition) is 2. The minimum atomic E-state index is -4.25. The van der Waals surface area contributed by atoms with Crippen LogP contribution in [0.3, 0.4) is 0 Å². The number of sulfonamides is 1. The molecule has 11 heteroatoms. The molecule has 0 atom stereocenters. The maximum absolute atomic E-state index is 12.1. The van der Waals surface area contributed by atoms with Crippen molar-refractivity contribution >= 4 is 27.7 Å². The van der Waals surface area contributed by atoms with Gasteiger partial charge in [0.25, 0.3) is 0 Å². The first kappa shape index (κ1) is 20.4. The van der Waals surface area contributed by atoms with Gasteiger partial charge in [-0.3, -0.25) is 4.99 Å². The van der Waals surface area contributed by atoms with E-state index in [0.29, 0.717) is 19.6 Å². The molecule has 1 fully saturated rings. The second-order valence-electron chi connectivity index (χ2n) is 4.88. The van der Waals surface area contributed by atoms with Crippen LogP contribution >= 0.6 is 11.8 Å². The molecule has 136 valence electrons. The number of rotatable bonds is 7. The smallest absolute Gasteiger partial charge is 0.357 e. The van der Waals surface area contributed by atoms with Gasteiger partial charge in [-0.05, 0) is 6.92 Å². The van der Waals surface area contributed by atoms with Gasteiger partial charge >= 0.3 is 6.18 Å². The molecule has 0 unspecified atom stereocenters. The maximum Gasteiger partial charge on any atom is 0.390 e. The predicted molar refractivity (Wildman–Crippen MR) is 87.3 cm³/mol. The number of hydrogen-bond acceptors (Lipinski definition) is 4. The quantitative estimate of drug-likeness (QED) is 0.510. The average molecular weight is 376 g/mol. The molecule has 2 N–H and O–H groups in total. The lowest BCUT2D eigenvalue weighted by Gasteiger charge is -2.25. The largest absolute Gasteiger partial charge is 0.390 e. The van der Waals surface area contributed by atoms with Gasteiger partial charge in [0.15, 0.2) is 5.96 Å². The molecule has 1 heterocycles. The van der Waals surface area contributed by atoms with Crippen LogP contribution in [0.5, 0.6) is 0 Å². The number of aliphatic imine (C=N–C) groups is 1. The van der Waals surface area contributed by atoms with Crippen molar-refractivity contribution in [3.63, 3.8) is 0 Å². The highest BCUT2D eigenvalue weighted by molar-refractivity contribution is 7.99. The second kappa shape index (κ2) is 9.58. The molecule has 0 saturated carbocycles. The highest BCUT2D eigenvalue weighted by atomic mass is 32.2. The molecule has 0 aromatic rings. The van der Waals surface area contributed by atoms with Gasteiger partial charge in [0.1, 0.15) is 0 Å². The molecule has 1 saturated heterocycles. The van der Waals surface area contributed by atoms with Crippen molar-refractivity contribution in [1.29, 1.82) is 0 Å². The number of alkyl halides is 3. The van der Waals surface area contributed by atoms with Gasteiger partial charge in [0.2, 0.25) is 10.0 Å². The van der Waals surface area contributed by atoms with Gasteiger partial charge in [-0.15, -0.1) is 0 Å². The molecule has 1 aliphatic heterocycles. The van der Waals surface area contributed by atoms with E-state index in [-0.39, 0.29) is 18.3 Å². The van der Waals surface area contributed by atoms with E-state index in [1.165, 1.54) is 4.31 Å². The van der Waals surface area contributed by atoms with Gasteiger partial charge < -0.3 is 10.6 Å². The van der Waals surface area contributed by atoms with E-state index in [2.05, 4.69) is 15.6 Å². The third-order valence-corrected chi connectivity index (χ3v) is 5.84. The SMILES string of the molecule is CCNC(=NCCC(F)(F)F)NCCS(=O)(=O)N1CCSCC1. The van der Waals surface area contributed by atoms with Crippen LogP contribution in [-0.4, -0.2) is 74.8 Å². The molecule has 0 amide bonds. The summed E-state index contributed by atoms with van der Waals surface area (Å²) in [5, 5.41) is 5.56. The first-order valence-corrected chi connectivity index (χ1v) is 10.2. The Kier molecular flexibility index (Phi) is 8.48. The first-order chi connectivity index (χ1) is 10.7. The van der Waals surface area contributed by atoms with Crippen LogP contribution in [0, 0.1) is 0 Å². The van der Waals surface area contributed by atoms with Crippen molar-refractivity contribution in [2.75, 3.05) is 50.0 Å². The second-order valence-corrected chi connectivity index (χ2v) is 8.19. The van der Waals surface area contributed by atoms with Gasteiger partial charge in [0.05, 0.1) is 18.7 Å². The molecular weight excluding hydrogens is 353 g/mol. The van der Waals surface area contributed by atoms with Gasteiger partial charge in [-0.1, -0.05) is 0 Å². The average Bonchev–Trinajstić information content (AvgIpc) is 2.47. The summed E-state index contributed by atoms with van der Waals surface area (Å²) >= 11 is 1.72.